The maximum absolute atomic E-state index is 12.0. The lowest BCUT2D eigenvalue weighted by Crippen LogP contribution is -2.57. The largest absolute Gasteiger partial charge is 0.471 e. The van der Waals surface area contributed by atoms with E-state index in [1.165, 1.54) is 4.90 Å². The predicted molar refractivity (Wildman–Crippen MR) is 75.6 cm³/mol. The molecular weight excluding hydrogens is 347 g/mol. The van der Waals surface area contributed by atoms with Gasteiger partial charge in [-0.1, -0.05) is 11.8 Å². The molecule has 0 aromatic rings. The quantitative estimate of drug-likeness (QED) is 0.577. The van der Waals surface area contributed by atoms with Crippen molar-refractivity contribution >= 4 is 17.8 Å². The molecule has 25 heavy (non-hydrogen) atoms. The van der Waals surface area contributed by atoms with Crippen molar-refractivity contribution < 1.29 is 37.4 Å². The highest BCUT2D eigenvalue weighted by molar-refractivity contribution is 5.99. The van der Waals surface area contributed by atoms with E-state index in [4.69, 9.17) is 9.84 Å². The number of carbonyl (C=O) groups is 3. The number of ether oxygens (including phenoxy) is 1. The first-order valence-corrected chi connectivity index (χ1v) is 7.43. The number of imide groups is 1. The molecule has 0 saturated carbocycles. The van der Waals surface area contributed by atoms with Gasteiger partial charge in [0.25, 0.3) is 0 Å². The Morgan fingerprint density at radius 3 is 2.72 bits per heavy atom. The molecule has 0 spiro atoms. The average Bonchev–Trinajstić information content (AvgIpc) is 3.00. The van der Waals surface area contributed by atoms with Gasteiger partial charge in [-0.05, 0) is 12.8 Å². The number of hydrogen-bond acceptors (Lipinski definition) is 5. The van der Waals surface area contributed by atoms with Gasteiger partial charge in [-0.25, -0.2) is 4.79 Å². The van der Waals surface area contributed by atoms with Crippen molar-refractivity contribution in [1.82, 2.24) is 15.5 Å². The second kappa shape index (κ2) is 7.71. The Morgan fingerprint density at radius 2 is 2.12 bits per heavy atom. The van der Waals surface area contributed by atoms with Crippen LogP contribution in [0, 0.1) is 17.8 Å². The Hall–Kier alpha value is -2.32. The minimum Gasteiger partial charge on any atom is -0.394 e. The molecule has 2 heterocycles. The van der Waals surface area contributed by atoms with Crippen LogP contribution in [0.3, 0.4) is 0 Å². The van der Waals surface area contributed by atoms with Gasteiger partial charge in [0.15, 0.2) is 0 Å². The molecule has 0 aliphatic carbocycles. The predicted octanol–water partition coefficient (Wildman–Crippen LogP) is -0.666. The number of amides is 4. The van der Waals surface area contributed by atoms with Crippen LogP contribution in [0.15, 0.2) is 0 Å². The normalized spacial score (nSPS) is 26.7. The number of nitrogens with one attached hydrogen (secondary N) is 2. The minimum absolute atomic E-state index is 0.0896. The van der Waals surface area contributed by atoms with Crippen molar-refractivity contribution in [2.24, 2.45) is 5.92 Å². The van der Waals surface area contributed by atoms with Crippen LogP contribution < -0.4 is 10.6 Å². The Bertz CT molecular complexity index is 613. The molecule has 138 valence electrons. The third-order valence-corrected chi connectivity index (χ3v) is 3.69. The Balaban J connectivity index is 1.93. The van der Waals surface area contributed by atoms with Crippen molar-refractivity contribution in [2.45, 2.75) is 31.3 Å². The number of aliphatic hydroxyl groups is 1. The monoisotopic (exact) mass is 363 g/mol. The van der Waals surface area contributed by atoms with Crippen molar-refractivity contribution in [3.05, 3.63) is 0 Å². The van der Waals surface area contributed by atoms with Crippen LogP contribution in [0.2, 0.25) is 0 Å². The van der Waals surface area contributed by atoms with E-state index in [1.807, 2.05) is 0 Å². The Labute approximate surface area is 140 Å². The number of aliphatic hydroxyl groups excluding tert-OH is 1. The minimum atomic E-state index is -5.00. The van der Waals surface area contributed by atoms with Crippen LogP contribution in [0.4, 0.5) is 18.0 Å². The van der Waals surface area contributed by atoms with Crippen LogP contribution in [-0.4, -0.2) is 66.1 Å². The van der Waals surface area contributed by atoms with Gasteiger partial charge in [0.2, 0.25) is 5.91 Å². The van der Waals surface area contributed by atoms with E-state index >= 15 is 0 Å². The average molecular weight is 363 g/mol. The van der Waals surface area contributed by atoms with E-state index in [2.05, 4.69) is 17.2 Å². The molecule has 11 heteroatoms. The van der Waals surface area contributed by atoms with Gasteiger partial charge in [-0.15, -0.1) is 0 Å². The summed E-state index contributed by atoms with van der Waals surface area (Å²) >= 11 is 0. The molecule has 2 aliphatic rings. The van der Waals surface area contributed by atoms with Gasteiger partial charge in [0, 0.05) is 6.54 Å². The van der Waals surface area contributed by atoms with Gasteiger partial charge >= 0.3 is 18.1 Å². The summed E-state index contributed by atoms with van der Waals surface area (Å²) in [5.74, 6) is 0.949. The molecule has 2 aliphatic heterocycles. The van der Waals surface area contributed by atoms with Crippen molar-refractivity contribution in [2.75, 3.05) is 19.7 Å². The number of halogens is 3. The van der Waals surface area contributed by atoms with E-state index in [0.717, 1.165) is 0 Å². The molecule has 0 aromatic carbocycles. The molecule has 1 unspecified atom stereocenters. The fourth-order valence-corrected chi connectivity index (χ4v) is 2.44. The number of rotatable bonds is 3. The lowest BCUT2D eigenvalue weighted by molar-refractivity contribution is -0.173. The van der Waals surface area contributed by atoms with Gasteiger partial charge in [0.1, 0.15) is 12.1 Å². The summed E-state index contributed by atoms with van der Waals surface area (Å²) in [4.78, 5) is 35.5. The van der Waals surface area contributed by atoms with Crippen LogP contribution in [0.5, 0.6) is 0 Å². The summed E-state index contributed by atoms with van der Waals surface area (Å²) in [6.45, 7) is -0.858. The fraction of sp³-hybridized carbons (Fsp3) is 0.643. The van der Waals surface area contributed by atoms with E-state index in [9.17, 15) is 27.6 Å². The van der Waals surface area contributed by atoms with Crippen LogP contribution in [0.1, 0.15) is 12.8 Å². The molecule has 2 saturated heterocycles. The molecule has 3 N–H and O–H groups in total. The molecule has 2 fully saturated rings. The summed E-state index contributed by atoms with van der Waals surface area (Å²) in [6.07, 6.45) is -4.97. The zero-order valence-corrected chi connectivity index (χ0v) is 12.9. The van der Waals surface area contributed by atoms with Crippen molar-refractivity contribution in [3.8, 4) is 11.8 Å². The molecule has 0 bridgehead atoms. The van der Waals surface area contributed by atoms with E-state index in [-0.39, 0.29) is 13.2 Å². The summed E-state index contributed by atoms with van der Waals surface area (Å²) in [5.41, 5.74) is 0. The molecular formula is C14H16F3N3O5. The van der Waals surface area contributed by atoms with E-state index in [0.29, 0.717) is 12.8 Å². The standard InChI is InChI=1S/C14H16F3N3O5/c15-14(16,17)12(23)18-5-1-2-8-6-20(13(24)19-11(8)22)10-4-3-9(7-21)25-10/h8-10,21H,3-7H2,(H,18,23)(H,19,22,24)/t8?,9-,10+/m0/s1. The molecule has 0 aromatic heterocycles. The zero-order chi connectivity index (χ0) is 18.6. The molecule has 8 nitrogen and oxygen atoms in total. The molecule has 4 amide bonds. The highest BCUT2D eigenvalue weighted by atomic mass is 19.4. The lowest BCUT2D eigenvalue weighted by atomic mass is 10.1. The zero-order valence-electron chi connectivity index (χ0n) is 12.9. The maximum Gasteiger partial charge on any atom is 0.471 e. The third kappa shape index (κ3) is 4.83. The summed E-state index contributed by atoms with van der Waals surface area (Å²) < 4.78 is 41.5. The summed E-state index contributed by atoms with van der Waals surface area (Å²) in [7, 11) is 0. The van der Waals surface area contributed by atoms with E-state index in [1.54, 1.807) is 5.32 Å². The topological polar surface area (TPSA) is 108 Å². The van der Waals surface area contributed by atoms with Gasteiger partial charge in [-0.3, -0.25) is 19.8 Å². The number of hydrogen-bond donors (Lipinski definition) is 3. The molecule has 2 rings (SSSR count). The second-order valence-corrected chi connectivity index (χ2v) is 5.47. The molecule has 3 atom stereocenters. The first-order valence-electron chi connectivity index (χ1n) is 7.43. The first-order chi connectivity index (χ1) is 11.7. The Morgan fingerprint density at radius 1 is 1.40 bits per heavy atom. The smallest absolute Gasteiger partial charge is 0.394 e. The molecule has 0 radical (unpaired) electrons. The van der Waals surface area contributed by atoms with Gasteiger partial charge in [0.05, 0.1) is 19.3 Å². The Kier molecular flexibility index (Phi) is 5.86. The first kappa shape index (κ1) is 19.0. The van der Waals surface area contributed by atoms with Gasteiger partial charge < -0.3 is 15.2 Å². The van der Waals surface area contributed by atoms with Crippen molar-refractivity contribution in [3.63, 3.8) is 0 Å². The summed E-state index contributed by atoms with van der Waals surface area (Å²) in [5, 5.41) is 12.7. The second-order valence-electron chi connectivity index (χ2n) is 5.47. The number of urea groups is 1. The van der Waals surface area contributed by atoms with Gasteiger partial charge in [-0.2, -0.15) is 13.2 Å². The van der Waals surface area contributed by atoms with Crippen LogP contribution in [-0.2, 0) is 14.3 Å². The number of carbonyl (C=O) groups excluding carboxylic acids is 3. The highest BCUT2D eigenvalue weighted by Gasteiger charge is 2.39. The number of alkyl halides is 3. The third-order valence-electron chi connectivity index (χ3n) is 3.69. The SMILES string of the molecule is O=C1NC(=O)N([C@H]2CC[C@@H](CO)O2)CC1C#CCNC(=O)C(F)(F)F. The van der Waals surface area contributed by atoms with Crippen LogP contribution >= 0.6 is 0 Å². The van der Waals surface area contributed by atoms with Crippen LogP contribution in [0.25, 0.3) is 0 Å². The van der Waals surface area contributed by atoms with E-state index < -0.39 is 48.8 Å². The highest BCUT2D eigenvalue weighted by Crippen LogP contribution is 2.24. The summed E-state index contributed by atoms with van der Waals surface area (Å²) in [6, 6.07) is -0.656. The maximum atomic E-state index is 12.0. The van der Waals surface area contributed by atoms with Crippen molar-refractivity contribution in [1.29, 1.82) is 0 Å². The fourth-order valence-electron chi connectivity index (χ4n) is 2.44. The lowest BCUT2D eigenvalue weighted by Gasteiger charge is -2.34. The number of nitrogens with zero attached hydrogens (tertiary/aromatic N) is 1.